The molecule has 1 heterocycles. The minimum Gasteiger partial charge on any atom is -0.494 e. The Morgan fingerprint density at radius 3 is 2.45 bits per heavy atom. The molecule has 1 aromatic carbocycles. The van der Waals surface area contributed by atoms with Crippen molar-refractivity contribution in [2.75, 3.05) is 6.61 Å². The fourth-order valence-corrected chi connectivity index (χ4v) is 2.06. The number of ether oxygens (including phenoxy) is 1. The minimum absolute atomic E-state index is 0.121. The molecule has 0 bridgehead atoms. The molecular formula is C17H22N2O. The zero-order chi connectivity index (χ0) is 14.2. The summed E-state index contributed by atoms with van der Waals surface area (Å²) in [5.74, 6) is 0.909. The molecule has 0 saturated carbocycles. The molecule has 0 aliphatic heterocycles. The third-order valence-corrected chi connectivity index (χ3v) is 3.38. The summed E-state index contributed by atoms with van der Waals surface area (Å²) in [6.45, 7) is 2.82. The summed E-state index contributed by atoms with van der Waals surface area (Å²) >= 11 is 0. The number of pyridine rings is 1. The molecule has 0 spiro atoms. The van der Waals surface area contributed by atoms with E-state index in [-0.39, 0.29) is 6.04 Å². The maximum Gasteiger partial charge on any atom is 0.119 e. The van der Waals surface area contributed by atoms with Crippen molar-refractivity contribution in [1.82, 2.24) is 4.98 Å². The van der Waals surface area contributed by atoms with Crippen LogP contribution in [0, 0.1) is 0 Å². The summed E-state index contributed by atoms with van der Waals surface area (Å²) in [6.07, 6.45) is 6.62. The molecule has 106 valence electrons. The lowest BCUT2D eigenvalue weighted by atomic mass is 10.1. The Balaban J connectivity index is 1.74. The summed E-state index contributed by atoms with van der Waals surface area (Å²) in [7, 11) is 0. The van der Waals surface area contributed by atoms with Gasteiger partial charge in [0.05, 0.1) is 6.61 Å². The smallest absolute Gasteiger partial charge is 0.119 e. The second-order valence-corrected chi connectivity index (χ2v) is 4.89. The van der Waals surface area contributed by atoms with Gasteiger partial charge in [-0.2, -0.15) is 0 Å². The molecule has 0 saturated heterocycles. The number of rotatable bonds is 7. The van der Waals surface area contributed by atoms with Crippen LogP contribution < -0.4 is 10.5 Å². The quantitative estimate of drug-likeness (QED) is 0.783. The van der Waals surface area contributed by atoms with Gasteiger partial charge in [0.1, 0.15) is 5.75 Å². The van der Waals surface area contributed by atoms with E-state index in [4.69, 9.17) is 10.5 Å². The Kier molecular flexibility index (Phi) is 5.56. The van der Waals surface area contributed by atoms with Crippen LogP contribution in [0.2, 0.25) is 0 Å². The summed E-state index contributed by atoms with van der Waals surface area (Å²) in [5, 5.41) is 0. The average molecular weight is 270 g/mol. The Labute approximate surface area is 120 Å². The van der Waals surface area contributed by atoms with Crippen molar-refractivity contribution in [3.8, 4) is 5.75 Å². The molecule has 2 N–H and O–H groups in total. The molecule has 1 aromatic heterocycles. The van der Waals surface area contributed by atoms with Gasteiger partial charge in [-0.15, -0.1) is 0 Å². The minimum atomic E-state index is 0.121. The van der Waals surface area contributed by atoms with Gasteiger partial charge in [0.2, 0.25) is 0 Å². The summed E-state index contributed by atoms with van der Waals surface area (Å²) in [6, 6.07) is 12.3. The van der Waals surface area contributed by atoms with Gasteiger partial charge in [-0.05, 0) is 54.7 Å². The van der Waals surface area contributed by atoms with E-state index in [0.29, 0.717) is 0 Å². The molecule has 2 rings (SSSR count). The van der Waals surface area contributed by atoms with Crippen molar-refractivity contribution in [2.24, 2.45) is 5.73 Å². The highest BCUT2D eigenvalue weighted by molar-refractivity contribution is 5.29. The molecule has 0 radical (unpaired) electrons. The van der Waals surface area contributed by atoms with Crippen LogP contribution in [0.15, 0.2) is 48.8 Å². The maximum absolute atomic E-state index is 5.98. The van der Waals surface area contributed by atoms with E-state index in [9.17, 15) is 0 Å². The Hall–Kier alpha value is -1.87. The van der Waals surface area contributed by atoms with E-state index in [1.165, 1.54) is 5.56 Å². The Morgan fingerprint density at radius 1 is 1.10 bits per heavy atom. The SMILES string of the molecule is CC[C@@H](N)c1ccc(OCCCc2ccncc2)cc1. The van der Waals surface area contributed by atoms with Crippen molar-refractivity contribution in [2.45, 2.75) is 32.2 Å². The third kappa shape index (κ3) is 4.35. The van der Waals surface area contributed by atoms with Crippen molar-refractivity contribution in [3.63, 3.8) is 0 Å². The predicted molar refractivity (Wildman–Crippen MR) is 81.7 cm³/mol. The number of hydrogen-bond donors (Lipinski definition) is 1. The molecule has 1 atom stereocenters. The van der Waals surface area contributed by atoms with E-state index in [1.807, 2.05) is 48.8 Å². The van der Waals surface area contributed by atoms with Crippen molar-refractivity contribution in [1.29, 1.82) is 0 Å². The molecule has 3 heteroatoms. The molecule has 0 fully saturated rings. The number of benzene rings is 1. The highest BCUT2D eigenvalue weighted by atomic mass is 16.5. The van der Waals surface area contributed by atoms with Crippen LogP contribution in [0.5, 0.6) is 5.75 Å². The molecule has 0 aliphatic rings. The fourth-order valence-electron chi connectivity index (χ4n) is 2.06. The average Bonchev–Trinajstić information content (AvgIpc) is 2.52. The van der Waals surface area contributed by atoms with Crippen molar-refractivity contribution in [3.05, 3.63) is 59.9 Å². The zero-order valence-electron chi connectivity index (χ0n) is 12.0. The molecule has 2 aromatic rings. The van der Waals surface area contributed by atoms with Crippen LogP contribution in [-0.4, -0.2) is 11.6 Å². The Bertz CT molecular complexity index is 496. The number of aromatic nitrogens is 1. The van der Waals surface area contributed by atoms with E-state index in [2.05, 4.69) is 11.9 Å². The largest absolute Gasteiger partial charge is 0.494 e. The second-order valence-electron chi connectivity index (χ2n) is 4.89. The molecule has 0 amide bonds. The number of hydrogen-bond acceptors (Lipinski definition) is 3. The van der Waals surface area contributed by atoms with Gasteiger partial charge in [-0.1, -0.05) is 19.1 Å². The van der Waals surface area contributed by atoms with Crippen LogP contribution >= 0.6 is 0 Å². The first kappa shape index (κ1) is 14.5. The maximum atomic E-state index is 5.98. The summed E-state index contributed by atoms with van der Waals surface area (Å²) < 4.78 is 5.74. The van der Waals surface area contributed by atoms with Gasteiger partial charge < -0.3 is 10.5 Å². The molecule has 0 aliphatic carbocycles. The van der Waals surface area contributed by atoms with Crippen molar-refractivity contribution >= 4 is 0 Å². The number of aryl methyl sites for hydroxylation is 1. The molecule has 20 heavy (non-hydrogen) atoms. The number of nitrogens with two attached hydrogens (primary N) is 1. The van der Waals surface area contributed by atoms with Crippen LogP contribution in [0.3, 0.4) is 0 Å². The highest BCUT2D eigenvalue weighted by Crippen LogP contribution is 2.18. The first-order valence-corrected chi connectivity index (χ1v) is 7.17. The van der Waals surface area contributed by atoms with Crippen LogP contribution in [0.25, 0.3) is 0 Å². The standard InChI is InChI=1S/C17H22N2O/c1-2-17(18)15-5-7-16(8-6-15)20-13-3-4-14-9-11-19-12-10-14/h5-12,17H,2-4,13,18H2,1H3/t17-/m1/s1. The molecule has 3 nitrogen and oxygen atoms in total. The summed E-state index contributed by atoms with van der Waals surface area (Å²) in [4.78, 5) is 4.01. The molecule has 0 unspecified atom stereocenters. The van der Waals surface area contributed by atoms with Crippen LogP contribution in [-0.2, 0) is 6.42 Å². The zero-order valence-corrected chi connectivity index (χ0v) is 12.0. The normalized spacial score (nSPS) is 12.1. The van der Waals surface area contributed by atoms with Gasteiger partial charge in [0.15, 0.2) is 0 Å². The van der Waals surface area contributed by atoms with Crippen molar-refractivity contribution < 1.29 is 4.74 Å². The number of nitrogens with zero attached hydrogens (tertiary/aromatic N) is 1. The van der Waals surface area contributed by atoms with E-state index in [1.54, 1.807) is 0 Å². The van der Waals surface area contributed by atoms with Crippen LogP contribution in [0.4, 0.5) is 0 Å². The van der Waals surface area contributed by atoms with Gasteiger partial charge in [-0.25, -0.2) is 0 Å². The fraction of sp³-hybridized carbons (Fsp3) is 0.353. The van der Waals surface area contributed by atoms with Gasteiger partial charge in [-0.3, -0.25) is 4.98 Å². The van der Waals surface area contributed by atoms with Gasteiger partial charge >= 0.3 is 0 Å². The highest BCUT2D eigenvalue weighted by Gasteiger charge is 2.03. The van der Waals surface area contributed by atoms with Gasteiger partial charge in [0, 0.05) is 18.4 Å². The van der Waals surface area contributed by atoms with E-state index in [0.717, 1.165) is 37.2 Å². The molecular weight excluding hydrogens is 248 g/mol. The predicted octanol–water partition coefficient (Wildman–Crippen LogP) is 3.50. The van der Waals surface area contributed by atoms with E-state index < -0.39 is 0 Å². The Morgan fingerprint density at radius 2 is 1.80 bits per heavy atom. The van der Waals surface area contributed by atoms with E-state index >= 15 is 0 Å². The summed E-state index contributed by atoms with van der Waals surface area (Å²) in [5.41, 5.74) is 8.45. The first-order chi connectivity index (χ1) is 9.79. The monoisotopic (exact) mass is 270 g/mol. The van der Waals surface area contributed by atoms with Gasteiger partial charge in [0.25, 0.3) is 0 Å². The topological polar surface area (TPSA) is 48.1 Å². The first-order valence-electron chi connectivity index (χ1n) is 7.17. The van der Waals surface area contributed by atoms with Crippen LogP contribution in [0.1, 0.15) is 36.9 Å². The lowest BCUT2D eigenvalue weighted by Crippen LogP contribution is -2.08. The lowest BCUT2D eigenvalue weighted by molar-refractivity contribution is 0.311. The third-order valence-electron chi connectivity index (χ3n) is 3.38. The lowest BCUT2D eigenvalue weighted by Gasteiger charge is -2.11. The second kappa shape index (κ2) is 7.65.